The molecule has 3 rings (SSSR count). The molecular weight excluding hydrogens is 371 g/mol. The van der Waals surface area contributed by atoms with Gasteiger partial charge in [-0.3, -0.25) is 9.36 Å². The van der Waals surface area contributed by atoms with Crippen molar-refractivity contribution in [1.82, 2.24) is 19.7 Å². The van der Waals surface area contributed by atoms with E-state index in [0.29, 0.717) is 29.9 Å². The van der Waals surface area contributed by atoms with E-state index in [9.17, 15) is 18.0 Å². The molecule has 0 aliphatic heterocycles. The van der Waals surface area contributed by atoms with Crippen molar-refractivity contribution in [2.75, 3.05) is 26.0 Å². The molecule has 9 heteroatoms. The Bertz CT molecular complexity index is 825. The third-order valence-electron chi connectivity index (χ3n) is 5.19. The van der Waals surface area contributed by atoms with Gasteiger partial charge >= 0.3 is 6.18 Å². The number of hydrogen-bond donors (Lipinski definition) is 0. The normalized spacial score (nSPS) is 14.6. The second-order valence-electron chi connectivity index (χ2n) is 7.28. The van der Waals surface area contributed by atoms with Gasteiger partial charge in [0, 0.05) is 45.7 Å². The van der Waals surface area contributed by atoms with Crippen molar-refractivity contribution in [3.8, 4) is 11.4 Å². The minimum absolute atomic E-state index is 0.0377. The maximum atomic E-state index is 12.8. The number of nitrogens with zero attached hydrogens (tertiary/aromatic N) is 5. The minimum atomic E-state index is -4.39. The number of alkyl halides is 3. The van der Waals surface area contributed by atoms with Crippen molar-refractivity contribution >= 4 is 11.9 Å². The van der Waals surface area contributed by atoms with Gasteiger partial charge in [-0.05, 0) is 31.4 Å². The molecule has 2 aromatic rings. The Labute approximate surface area is 162 Å². The summed E-state index contributed by atoms with van der Waals surface area (Å²) in [6, 6.07) is 5.23. The molecule has 1 aromatic heterocycles. The number of halogens is 3. The molecule has 28 heavy (non-hydrogen) atoms. The van der Waals surface area contributed by atoms with Crippen molar-refractivity contribution in [2.45, 2.75) is 44.4 Å². The Hall–Kier alpha value is -2.58. The molecular formula is C19H24F3N5O. The zero-order chi connectivity index (χ0) is 20.5. The lowest BCUT2D eigenvalue weighted by Gasteiger charge is -2.35. The van der Waals surface area contributed by atoms with Crippen LogP contribution < -0.4 is 4.90 Å². The molecule has 1 amide bonds. The fourth-order valence-electron chi connectivity index (χ4n) is 3.15. The number of carbonyl (C=O) groups is 1. The Morgan fingerprint density at radius 3 is 2.29 bits per heavy atom. The topological polar surface area (TPSA) is 54.3 Å². The second-order valence-corrected chi connectivity index (χ2v) is 7.28. The first-order chi connectivity index (χ1) is 13.2. The fourth-order valence-corrected chi connectivity index (χ4v) is 3.15. The summed E-state index contributed by atoms with van der Waals surface area (Å²) in [5.74, 6) is 1.05. The van der Waals surface area contributed by atoms with Gasteiger partial charge in [0.05, 0.1) is 5.56 Å². The second kappa shape index (κ2) is 7.81. The van der Waals surface area contributed by atoms with E-state index >= 15 is 0 Å². The first-order valence-corrected chi connectivity index (χ1v) is 9.22. The van der Waals surface area contributed by atoms with Crippen LogP contribution in [0.25, 0.3) is 11.4 Å². The number of hydrogen-bond acceptors (Lipinski definition) is 4. The number of rotatable bonds is 6. The van der Waals surface area contributed by atoms with Crippen LogP contribution in [-0.4, -0.2) is 52.8 Å². The predicted octanol–water partition coefficient (Wildman–Crippen LogP) is 3.43. The van der Waals surface area contributed by atoms with Crippen LogP contribution in [0.1, 0.15) is 31.2 Å². The first kappa shape index (κ1) is 20.2. The van der Waals surface area contributed by atoms with Crippen LogP contribution >= 0.6 is 0 Å². The maximum absolute atomic E-state index is 12.8. The average Bonchev–Trinajstić information content (AvgIpc) is 3.01. The van der Waals surface area contributed by atoms with Gasteiger partial charge in [-0.2, -0.15) is 13.2 Å². The fraction of sp³-hybridized carbons (Fsp3) is 0.526. The summed E-state index contributed by atoms with van der Waals surface area (Å²) < 4.78 is 40.4. The van der Waals surface area contributed by atoms with Gasteiger partial charge in [-0.15, -0.1) is 10.2 Å². The molecule has 0 unspecified atom stereocenters. The van der Waals surface area contributed by atoms with E-state index in [4.69, 9.17) is 0 Å². The molecule has 0 saturated heterocycles. The number of carbonyl (C=O) groups excluding carboxylic acids is 1. The van der Waals surface area contributed by atoms with Crippen molar-refractivity contribution in [3.63, 3.8) is 0 Å². The average molecular weight is 395 g/mol. The first-order valence-electron chi connectivity index (χ1n) is 9.22. The molecule has 0 radical (unpaired) electrons. The summed E-state index contributed by atoms with van der Waals surface area (Å²) >= 11 is 0. The standard InChI is InChI=1S/C19H24F3N5O/c1-25(2)16(28)11-12-27-17(13-7-9-14(10-8-13)19(20,21)22)23-24-18(27)26(3)15-5-4-6-15/h7-10,15H,4-6,11-12H2,1-3H3. The highest BCUT2D eigenvalue weighted by atomic mass is 19.4. The molecule has 1 aliphatic carbocycles. The van der Waals surface area contributed by atoms with Gasteiger partial charge in [-0.25, -0.2) is 0 Å². The highest BCUT2D eigenvalue weighted by Crippen LogP contribution is 2.32. The van der Waals surface area contributed by atoms with E-state index in [1.807, 2.05) is 16.5 Å². The van der Waals surface area contributed by atoms with Gasteiger partial charge in [0.2, 0.25) is 11.9 Å². The van der Waals surface area contributed by atoms with Crippen molar-refractivity contribution in [1.29, 1.82) is 0 Å². The van der Waals surface area contributed by atoms with Crippen LogP contribution in [0.4, 0.5) is 19.1 Å². The summed E-state index contributed by atoms with van der Waals surface area (Å²) in [7, 11) is 5.31. The molecule has 1 heterocycles. The Balaban J connectivity index is 1.93. The lowest BCUT2D eigenvalue weighted by Crippen LogP contribution is -2.39. The Kier molecular flexibility index (Phi) is 5.62. The molecule has 0 atom stereocenters. The quantitative estimate of drug-likeness (QED) is 0.752. The highest BCUT2D eigenvalue weighted by Gasteiger charge is 2.31. The highest BCUT2D eigenvalue weighted by molar-refractivity contribution is 5.75. The summed E-state index contributed by atoms with van der Waals surface area (Å²) in [6.45, 7) is 0.354. The molecule has 1 saturated carbocycles. The summed E-state index contributed by atoms with van der Waals surface area (Å²) in [5.41, 5.74) is -0.178. The van der Waals surface area contributed by atoms with Crippen LogP contribution in [-0.2, 0) is 17.5 Å². The van der Waals surface area contributed by atoms with E-state index in [2.05, 4.69) is 10.2 Å². The summed E-state index contributed by atoms with van der Waals surface area (Å²) in [5, 5.41) is 8.51. The number of anilines is 1. The zero-order valence-corrected chi connectivity index (χ0v) is 16.2. The lowest BCUT2D eigenvalue weighted by molar-refractivity contribution is -0.137. The number of benzene rings is 1. The third kappa shape index (κ3) is 4.13. The van der Waals surface area contributed by atoms with Gasteiger partial charge in [0.25, 0.3) is 0 Å². The monoisotopic (exact) mass is 395 g/mol. The minimum Gasteiger partial charge on any atom is -0.349 e. The molecule has 152 valence electrons. The van der Waals surface area contributed by atoms with Crippen molar-refractivity contribution < 1.29 is 18.0 Å². The molecule has 0 N–H and O–H groups in total. The smallest absolute Gasteiger partial charge is 0.349 e. The number of aromatic nitrogens is 3. The predicted molar refractivity (Wildman–Crippen MR) is 99.8 cm³/mol. The largest absolute Gasteiger partial charge is 0.416 e. The van der Waals surface area contributed by atoms with Crippen molar-refractivity contribution in [3.05, 3.63) is 29.8 Å². The lowest BCUT2D eigenvalue weighted by atomic mass is 9.92. The Morgan fingerprint density at radius 2 is 1.79 bits per heavy atom. The molecule has 0 spiro atoms. The van der Waals surface area contributed by atoms with Gasteiger partial charge in [-0.1, -0.05) is 12.1 Å². The van der Waals surface area contributed by atoms with Gasteiger partial charge in [0.1, 0.15) is 0 Å². The van der Waals surface area contributed by atoms with Crippen molar-refractivity contribution in [2.24, 2.45) is 0 Å². The van der Waals surface area contributed by atoms with Crippen LogP contribution in [0.5, 0.6) is 0 Å². The number of amides is 1. The molecule has 6 nitrogen and oxygen atoms in total. The van der Waals surface area contributed by atoms with Crippen LogP contribution in [0.2, 0.25) is 0 Å². The summed E-state index contributed by atoms with van der Waals surface area (Å²) in [6.07, 6.45) is -0.844. The zero-order valence-electron chi connectivity index (χ0n) is 16.2. The summed E-state index contributed by atoms with van der Waals surface area (Å²) in [4.78, 5) is 15.6. The van der Waals surface area contributed by atoms with Crippen LogP contribution in [0.3, 0.4) is 0 Å². The van der Waals surface area contributed by atoms with E-state index in [-0.39, 0.29) is 12.3 Å². The Morgan fingerprint density at radius 1 is 1.14 bits per heavy atom. The van der Waals surface area contributed by atoms with E-state index < -0.39 is 11.7 Å². The van der Waals surface area contributed by atoms with Crippen LogP contribution in [0.15, 0.2) is 24.3 Å². The molecule has 1 aromatic carbocycles. The maximum Gasteiger partial charge on any atom is 0.416 e. The van der Waals surface area contributed by atoms with Gasteiger partial charge in [0.15, 0.2) is 5.82 Å². The third-order valence-corrected chi connectivity index (χ3v) is 5.19. The van der Waals surface area contributed by atoms with E-state index in [0.717, 1.165) is 31.4 Å². The van der Waals surface area contributed by atoms with E-state index in [1.54, 1.807) is 14.1 Å². The molecule has 1 aliphatic rings. The van der Waals surface area contributed by atoms with Crippen LogP contribution in [0, 0.1) is 0 Å². The van der Waals surface area contributed by atoms with Gasteiger partial charge < -0.3 is 9.80 Å². The molecule has 0 bridgehead atoms. The SMILES string of the molecule is CN(C)C(=O)CCn1c(-c2ccc(C(F)(F)F)cc2)nnc1N(C)C1CCC1. The molecule has 1 fully saturated rings. The van der Waals surface area contributed by atoms with E-state index in [1.165, 1.54) is 17.0 Å².